The van der Waals surface area contributed by atoms with Crippen LogP contribution in [0, 0.1) is 0 Å². The number of hydrogen-bond acceptors (Lipinski definition) is 3. The fraction of sp³-hybridized carbons (Fsp3) is 0.562. The van der Waals surface area contributed by atoms with Crippen molar-refractivity contribution in [1.29, 1.82) is 0 Å². The van der Waals surface area contributed by atoms with E-state index in [1.54, 1.807) is 11.8 Å². The van der Waals surface area contributed by atoms with Crippen molar-refractivity contribution in [2.45, 2.75) is 37.1 Å². The van der Waals surface area contributed by atoms with E-state index in [1.807, 2.05) is 12.3 Å². The molecule has 0 heterocycles. The number of halogens is 2. The topological polar surface area (TPSA) is 55.1 Å². The lowest BCUT2D eigenvalue weighted by atomic mass is 9.64. The first kappa shape index (κ1) is 19.8. The minimum Gasteiger partial charge on any atom is -0.354 e. The van der Waals surface area contributed by atoms with Gasteiger partial charge < -0.3 is 11.1 Å². The average Bonchev–Trinajstić information content (AvgIpc) is 2.43. The van der Waals surface area contributed by atoms with Gasteiger partial charge >= 0.3 is 0 Å². The van der Waals surface area contributed by atoms with Crippen molar-refractivity contribution >= 4 is 46.0 Å². The Morgan fingerprint density at radius 2 is 2.23 bits per heavy atom. The molecule has 0 aliphatic heterocycles. The molecule has 3 nitrogen and oxygen atoms in total. The zero-order valence-electron chi connectivity index (χ0n) is 12.8. The third-order valence-electron chi connectivity index (χ3n) is 4.32. The van der Waals surface area contributed by atoms with Crippen LogP contribution in [-0.2, 0) is 10.2 Å². The second kappa shape index (κ2) is 9.16. The van der Waals surface area contributed by atoms with Crippen LogP contribution in [-0.4, -0.2) is 30.5 Å². The van der Waals surface area contributed by atoms with Crippen molar-refractivity contribution in [1.82, 2.24) is 5.32 Å². The normalized spacial score (nSPS) is 17.0. The quantitative estimate of drug-likeness (QED) is 0.727. The van der Waals surface area contributed by atoms with Crippen LogP contribution in [0.3, 0.4) is 0 Å². The largest absolute Gasteiger partial charge is 0.354 e. The van der Waals surface area contributed by atoms with E-state index in [-0.39, 0.29) is 23.7 Å². The standard InChI is InChI=1S/C16H23BrN2OS.ClH/c1-21-9-6-14(18)15(20)19-11-16(7-3-8-16)12-4-2-5-13(17)10-12;/h2,4-5,10,14H,3,6-9,11,18H2,1H3,(H,19,20);1H/t14-;/m0./s1. The molecule has 0 saturated heterocycles. The van der Waals surface area contributed by atoms with E-state index in [0.29, 0.717) is 6.54 Å². The maximum Gasteiger partial charge on any atom is 0.236 e. The highest BCUT2D eigenvalue weighted by Gasteiger charge is 2.39. The van der Waals surface area contributed by atoms with Gasteiger partial charge in [-0.05, 0) is 49.0 Å². The Hall–Kier alpha value is -0.230. The summed E-state index contributed by atoms with van der Waals surface area (Å²) in [6, 6.07) is 8.03. The molecule has 124 valence electrons. The first-order chi connectivity index (χ1) is 10.1. The highest BCUT2D eigenvalue weighted by molar-refractivity contribution is 9.10. The molecule has 0 aromatic heterocycles. The van der Waals surface area contributed by atoms with E-state index >= 15 is 0 Å². The summed E-state index contributed by atoms with van der Waals surface area (Å²) in [5, 5.41) is 3.06. The maximum absolute atomic E-state index is 12.1. The van der Waals surface area contributed by atoms with E-state index in [4.69, 9.17) is 5.73 Å². The number of thioether (sulfide) groups is 1. The van der Waals surface area contributed by atoms with Crippen LogP contribution in [0.15, 0.2) is 28.7 Å². The van der Waals surface area contributed by atoms with Gasteiger partial charge in [-0.3, -0.25) is 4.79 Å². The van der Waals surface area contributed by atoms with Gasteiger partial charge in [0.1, 0.15) is 0 Å². The van der Waals surface area contributed by atoms with Crippen LogP contribution in [0.25, 0.3) is 0 Å². The van der Waals surface area contributed by atoms with Crippen molar-refractivity contribution in [3.8, 4) is 0 Å². The second-order valence-corrected chi connectivity index (χ2v) is 7.65. The Morgan fingerprint density at radius 3 is 2.77 bits per heavy atom. The van der Waals surface area contributed by atoms with Gasteiger partial charge in [0.15, 0.2) is 0 Å². The lowest BCUT2D eigenvalue weighted by molar-refractivity contribution is -0.122. The lowest BCUT2D eigenvalue weighted by Gasteiger charge is -2.43. The van der Waals surface area contributed by atoms with Gasteiger partial charge in [0.05, 0.1) is 6.04 Å². The predicted molar refractivity (Wildman–Crippen MR) is 101 cm³/mol. The minimum absolute atomic E-state index is 0. The maximum atomic E-state index is 12.1. The average molecular weight is 408 g/mol. The predicted octanol–water partition coefficient (Wildman–Crippen LogP) is 3.49. The summed E-state index contributed by atoms with van der Waals surface area (Å²) in [5.74, 6) is 0.899. The number of carbonyl (C=O) groups excluding carboxylic acids is 1. The molecule has 0 bridgehead atoms. The molecule has 1 amide bonds. The van der Waals surface area contributed by atoms with Crippen LogP contribution in [0.4, 0.5) is 0 Å². The Balaban J connectivity index is 0.00000242. The molecule has 6 heteroatoms. The van der Waals surface area contributed by atoms with Crippen molar-refractivity contribution in [2.75, 3.05) is 18.6 Å². The molecule has 1 saturated carbocycles. The molecule has 3 N–H and O–H groups in total. The van der Waals surface area contributed by atoms with E-state index in [2.05, 4.69) is 39.4 Å². The molecule has 1 aliphatic carbocycles. The summed E-state index contributed by atoms with van der Waals surface area (Å²) in [4.78, 5) is 12.1. The first-order valence-electron chi connectivity index (χ1n) is 7.36. The van der Waals surface area contributed by atoms with Gasteiger partial charge in [-0.15, -0.1) is 12.4 Å². The summed E-state index contributed by atoms with van der Waals surface area (Å²) in [5.41, 5.74) is 7.32. The molecule has 1 fully saturated rings. The number of benzene rings is 1. The Labute approximate surface area is 151 Å². The van der Waals surface area contributed by atoms with Crippen LogP contribution < -0.4 is 11.1 Å². The first-order valence-corrected chi connectivity index (χ1v) is 9.54. The molecular formula is C16H24BrClN2OS. The fourth-order valence-electron chi connectivity index (χ4n) is 2.75. The van der Waals surface area contributed by atoms with Gasteiger partial charge in [-0.25, -0.2) is 0 Å². The number of nitrogens with two attached hydrogens (primary N) is 1. The number of hydrogen-bond donors (Lipinski definition) is 2. The van der Waals surface area contributed by atoms with E-state index in [0.717, 1.165) is 29.5 Å². The molecular weight excluding hydrogens is 384 g/mol. The molecule has 0 radical (unpaired) electrons. The third-order valence-corrected chi connectivity index (χ3v) is 5.46. The van der Waals surface area contributed by atoms with Crippen molar-refractivity contribution in [3.05, 3.63) is 34.3 Å². The number of rotatable bonds is 7. The highest BCUT2D eigenvalue weighted by atomic mass is 79.9. The number of amides is 1. The molecule has 1 atom stereocenters. The number of carbonyl (C=O) groups is 1. The van der Waals surface area contributed by atoms with Crippen molar-refractivity contribution < 1.29 is 4.79 Å². The molecule has 1 aromatic rings. The molecule has 22 heavy (non-hydrogen) atoms. The van der Waals surface area contributed by atoms with Gasteiger partial charge in [0.2, 0.25) is 5.91 Å². The van der Waals surface area contributed by atoms with Gasteiger partial charge in [-0.1, -0.05) is 34.5 Å². The highest BCUT2D eigenvalue weighted by Crippen LogP contribution is 2.43. The smallest absolute Gasteiger partial charge is 0.236 e. The Bertz CT molecular complexity index is 497. The molecule has 0 spiro atoms. The molecule has 1 aliphatic rings. The van der Waals surface area contributed by atoms with Gasteiger partial charge in [0.25, 0.3) is 0 Å². The summed E-state index contributed by atoms with van der Waals surface area (Å²) in [6.07, 6.45) is 6.24. The lowest BCUT2D eigenvalue weighted by Crippen LogP contribution is -2.49. The van der Waals surface area contributed by atoms with Crippen LogP contribution in [0.5, 0.6) is 0 Å². The second-order valence-electron chi connectivity index (χ2n) is 5.75. The summed E-state index contributed by atoms with van der Waals surface area (Å²) < 4.78 is 1.09. The zero-order chi connectivity index (χ0) is 15.3. The third kappa shape index (κ3) is 4.88. The number of nitrogens with one attached hydrogen (secondary N) is 1. The zero-order valence-corrected chi connectivity index (χ0v) is 16.0. The molecule has 1 aromatic carbocycles. The van der Waals surface area contributed by atoms with E-state index in [1.165, 1.54) is 12.0 Å². The monoisotopic (exact) mass is 406 g/mol. The molecule has 2 rings (SSSR count). The SMILES string of the molecule is CSCC[C@H](N)C(=O)NCC1(c2cccc(Br)c2)CCC1.Cl. The minimum atomic E-state index is -0.392. The van der Waals surface area contributed by atoms with Crippen LogP contribution in [0.2, 0.25) is 0 Å². The van der Waals surface area contributed by atoms with Crippen molar-refractivity contribution in [2.24, 2.45) is 5.73 Å². The van der Waals surface area contributed by atoms with Crippen molar-refractivity contribution in [3.63, 3.8) is 0 Å². The van der Waals surface area contributed by atoms with E-state index < -0.39 is 6.04 Å². The Morgan fingerprint density at radius 1 is 1.50 bits per heavy atom. The van der Waals surface area contributed by atoms with E-state index in [9.17, 15) is 4.79 Å². The van der Waals surface area contributed by atoms with Crippen LogP contribution in [0.1, 0.15) is 31.2 Å². The van der Waals surface area contributed by atoms with Crippen LogP contribution >= 0.6 is 40.1 Å². The molecule has 0 unspecified atom stereocenters. The summed E-state index contributed by atoms with van der Waals surface area (Å²) in [6.45, 7) is 0.690. The summed E-state index contributed by atoms with van der Waals surface area (Å²) >= 11 is 5.25. The fourth-order valence-corrected chi connectivity index (χ4v) is 3.64. The van der Waals surface area contributed by atoms with Gasteiger partial charge in [0, 0.05) is 16.4 Å². The Kier molecular flexibility index (Phi) is 8.25. The summed E-state index contributed by atoms with van der Waals surface area (Å²) in [7, 11) is 0. The van der Waals surface area contributed by atoms with Gasteiger partial charge in [-0.2, -0.15) is 11.8 Å².